The highest BCUT2D eigenvalue weighted by Crippen LogP contribution is 2.43. The Labute approximate surface area is 137 Å². The van der Waals surface area contributed by atoms with Crippen molar-refractivity contribution >= 4 is 5.82 Å². The fraction of sp³-hybridized carbons (Fsp3) is 0.118. The fourth-order valence-corrected chi connectivity index (χ4v) is 2.74. The molecule has 0 radical (unpaired) electrons. The minimum Gasteiger partial charge on any atom is -0.454 e. The summed E-state index contributed by atoms with van der Waals surface area (Å²) in [6.07, 6.45) is 3.54. The van der Waals surface area contributed by atoms with E-state index in [1.165, 1.54) is 0 Å². The molecule has 0 fully saturated rings. The summed E-state index contributed by atoms with van der Waals surface area (Å²) in [5, 5.41) is 13.7. The van der Waals surface area contributed by atoms with Crippen LogP contribution in [0.2, 0.25) is 0 Å². The molecule has 2 aromatic heterocycles. The lowest BCUT2D eigenvalue weighted by Crippen LogP contribution is -2.00. The Bertz CT molecular complexity index is 987. The first-order valence-electron chi connectivity index (χ1n) is 7.26. The predicted molar refractivity (Wildman–Crippen MR) is 87.1 cm³/mol. The van der Waals surface area contributed by atoms with Crippen LogP contribution in [0, 0.1) is 11.3 Å². The molecular formula is C17H13N5O2. The van der Waals surface area contributed by atoms with Crippen LogP contribution < -0.4 is 15.2 Å². The molecule has 3 aromatic rings. The van der Waals surface area contributed by atoms with Gasteiger partial charge in [-0.15, -0.1) is 0 Å². The van der Waals surface area contributed by atoms with E-state index in [1.54, 1.807) is 10.9 Å². The van der Waals surface area contributed by atoms with Gasteiger partial charge in [-0.05, 0) is 12.1 Å². The third-order valence-corrected chi connectivity index (χ3v) is 3.85. The van der Waals surface area contributed by atoms with Crippen LogP contribution >= 0.6 is 0 Å². The Morgan fingerprint density at radius 1 is 1.29 bits per heavy atom. The molecule has 0 spiro atoms. The van der Waals surface area contributed by atoms with Gasteiger partial charge in [-0.3, -0.25) is 4.68 Å². The van der Waals surface area contributed by atoms with Gasteiger partial charge in [-0.25, -0.2) is 4.98 Å². The normalized spacial score (nSPS) is 12.2. The van der Waals surface area contributed by atoms with Gasteiger partial charge in [-0.1, -0.05) is 12.1 Å². The number of nitrogens with zero attached hydrogens (tertiary/aromatic N) is 4. The first-order valence-corrected chi connectivity index (χ1v) is 7.26. The number of hydrogen-bond donors (Lipinski definition) is 1. The van der Waals surface area contributed by atoms with Crippen molar-refractivity contribution in [1.82, 2.24) is 14.8 Å². The number of aryl methyl sites for hydroxylation is 1. The van der Waals surface area contributed by atoms with Crippen molar-refractivity contribution in [3.8, 4) is 40.0 Å². The van der Waals surface area contributed by atoms with E-state index < -0.39 is 0 Å². The van der Waals surface area contributed by atoms with E-state index in [2.05, 4.69) is 16.2 Å². The number of rotatable bonds is 2. The Morgan fingerprint density at radius 2 is 2.17 bits per heavy atom. The Hall–Kier alpha value is -3.53. The van der Waals surface area contributed by atoms with Crippen molar-refractivity contribution in [2.24, 2.45) is 7.05 Å². The fourth-order valence-electron chi connectivity index (χ4n) is 2.74. The predicted octanol–water partition coefficient (Wildman–Crippen LogP) is 2.33. The molecule has 1 aliphatic heterocycles. The molecule has 0 bridgehead atoms. The summed E-state index contributed by atoms with van der Waals surface area (Å²) >= 11 is 0. The summed E-state index contributed by atoms with van der Waals surface area (Å²) < 4.78 is 12.7. The van der Waals surface area contributed by atoms with E-state index in [9.17, 15) is 5.26 Å². The van der Waals surface area contributed by atoms with Gasteiger partial charge in [0.05, 0.1) is 11.9 Å². The van der Waals surface area contributed by atoms with Crippen molar-refractivity contribution in [2.75, 3.05) is 12.5 Å². The summed E-state index contributed by atoms with van der Waals surface area (Å²) in [4.78, 5) is 4.34. The average Bonchev–Trinajstić information content (AvgIpc) is 3.22. The largest absolute Gasteiger partial charge is 0.454 e. The van der Waals surface area contributed by atoms with E-state index in [4.69, 9.17) is 15.2 Å². The zero-order valence-corrected chi connectivity index (χ0v) is 12.9. The second-order valence-electron chi connectivity index (χ2n) is 5.37. The van der Waals surface area contributed by atoms with E-state index in [0.717, 1.165) is 11.1 Å². The number of nitrogens with two attached hydrogens (primary N) is 1. The van der Waals surface area contributed by atoms with Crippen molar-refractivity contribution < 1.29 is 9.47 Å². The lowest BCUT2D eigenvalue weighted by Gasteiger charge is -2.11. The molecule has 0 saturated carbocycles. The van der Waals surface area contributed by atoms with Gasteiger partial charge in [0.1, 0.15) is 17.5 Å². The molecule has 1 aliphatic rings. The van der Waals surface area contributed by atoms with E-state index >= 15 is 0 Å². The third-order valence-electron chi connectivity index (χ3n) is 3.85. The van der Waals surface area contributed by atoms with E-state index in [1.807, 2.05) is 37.5 Å². The standard InChI is InChI=1S/C17H13N5O2/c1-22-8-10(7-20-22)14-5-12(13(6-18)17(19)21-14)11-3-2-4-15-16(11)24-9-23-15/h2-5,7-8H,9H2,1H3,(H2,19,21). The number of hydrogen-bond acceptors (Lipinski definition) is 6. The number of anilines is 1. The molecule has 0 unspecified atom stereocenters. The van der Waals surface area contributed by atoms with Gasteiger partial charge in [0.15, 0.2) is 11.5 Å². The first-order chi connectivity index (χ1) is 11.7. The molecule has 3 heterocycles. The van der Waals surface area contributed by atoms with Crippen LogP contribution in [0.5, 0.6) is 11.5 Å². The number of pyridine rings is 1. The lowest BCUT2D eigenvalue weighted by atomic mass is 9.98. The lowest BCUT2D eigenvalue weighted by molar-refractivity contribution is 0.174. The second-order valence-corrected chi connectivity index (χ2v) is 5.37. The number of fused-ring (bicyclic) bond motifs is 1. The third kappa shape index (κ3) is 2.13. The Morgan fingerprint density at radius 3 is 2.92 bits per heavy atom. The molecule has 118 valence electrons. The summed E-state index contributed by atoms with van der Waals surface area (Å²) in [6, 6.07) is 9.50. The van der Waals surface area contributed by atoms with Crippen molar-refractivity contribution in [3.63, 3.8) is 0 Å². The zero-order chi connectivity index (χ0) is 16.7. The van der Waals surface area contributed by atoms with Gasteiger partial charge in [-0.2, -0.15) is 10.4 Å². The quantitative estimate of drug-likeness (QED) is 0.778. The molecule has 7 nitrogen and oxygen atoms in total. The number of aromatic nitrogens is 3. The van der Waals surface area contributed by atoms with Crippen LogP contribution in [0.4, 0.5) is 5.82 Å². The first kappa shape index (κ1) is 14.1. The van der Waals surface area contributed by atoms with Crippen LogP contribution in [0.25, 0.3) is 22.4 Å². The van der Waals surface area contributed by atoms with Crippen molar-refractivity contribution in [2.45, 2.75) is 0 Å². The average molecular weight is 319 g/mol. The molecule has 0 saturated heterocycles. The molecule has 0 atom stereocenters. The Kier molecular flexibility index (Phi) is 3.10. The number of ether oxygens (including phenoxy) is 2. The maximum Gasteiger partial charge on any atom is 0.231 e. The van der Waals surface area contributed by atoms with Crippen LogP contribution in [0.1, 0.15) is 5.56 Å². The highest BCUT2D eigenvalue weighted by atomic mass is 16.7. The molecular weight excluding hydrogens is 306 g/mol. The maximum absolute atomic E-state index is 9.52. The zero-order valence-electron chi connectivity index (χ0n) is 12.9. The monoisotopic (exact) mass is 319 g/mol. The maximum atomic E-state index is 9.52. The number of nitriles is 1. The van der Waals surface area contributed by atoms with E-state index in [0.29, 0.717) is 28.3 Å². The number of benzene rings is 1. The van der Waals surface area contributed by atoms with Gasteiger partial charge >= 0.3 is 0 Å². The van der Waals surface area contributed by atoms with Crippen LogP contribution in [0.3, 0.4) is 0 Å². The van der Waals surface area contributed by atoms with Crippen LogP contribution in [-0.4, -0.2) is 21.6 Å². The molecule has 1 aromatic carbocycles. The minimum absolute atomic E-state index is 0.157. The molecule has 7 heteroatoms. The summed E-state index contributed by atoms with van der Waals surface area (Å²) in [7, 11) is 1.83. The van der Waals surface area contributed by atoms with Gasteiger partial charge < -0.3 is 15.2 Å². The smallest absolute Gasteiger partial charge is 0.231 e. The summed E-state index contributed by atoms with van der Waals surface area (Å²) in [6.45, 7) is 0.157. The van der Waals surface area contributed by atoms with Gasteiger partial charge in [0.2, 0.25) is 6.79 Å². The number of nitrogen functional groups attached to an aromatic ring is 1. The Balaban J connectivity index is 1.96. The highest BCUT2D eigenvalue weighted by molar-refractivity contribution is 5.84. The summed E-state index contributed by atoms with van der Waals surface area (Å²) in [5.74, 6) is 1.43. The topological polar surface area (TPSA) is 99.0 Å². The summed E-state index contributed by atoms with van der Waals surface area (Å²) in [5.41, 5.74) is 9.21. The van der Waals surface area contributed by atoms with Gasteiger partial charge in [0, 0.05) is 29.9 Å². The van der Waals surface area contributed by atoms with Crippen molar-refractivity contribution in [1.29, 1.82) is 5.26 Å². The SMILES string of the molecule is Cn1cc(-c2cc(-c3cccc4c3OCO4)c(C#N)c(N)n2)cn1. The second kappa shape index (κ2) is 5.28. The van der Waals surface area contributed by atoms with Crippen LogP contribution in [-0.2, 0) is 7.05 Å². The minimum atomic E-state index is 0.157. The van der Waals surface area contributed by atoms with Gasteiger partial charge in [0.25, 0.3) is 0 Å². The molecule has 0 amide bonds. The molecule has 2 N–H and O–H groups in total. The molecule has 4 rings (SSSR count). The van der Waals surface area contributed by atoms with E-state index in [-0.39, 0.29) is 12.6 Å². The van der Waals surface area contributed by atoms with Crippen molar-refractivity contribution in [3.05, 3.63) is 42.2 Å². The molecule has 0 aliphatic carbocycles. The highest BCUT2D eigenvalue weighted by Gasteiger charge is 2.22. The molecule has 24 heavy (non-hydrogen) atoms. The number of para-hydroxylation sites is 1. The van der Waals surface area contributed by atoms with Crippen LogP contribution in [0.15, 0.2) is 36.7 Å².